The number of benzene rings is 2. The highest BCUT2D eigenvalue weighted by Gasteiger charge is 2.58. The van der Waals surface area contributed by atoms with Crippen molar-refractivity contribution < 1.29 is 10.2 Å². The first-order valence-electron chi connectivity index (χ1n) is 13.1. The molecule has 4 aliphatic rings. The second kappa shape index (κ2) is 9.91. The SMILES string of the molecule is Oc1ccc(C23CC4CC(C2)CC(c2ccc(O)c(Cl)c2)(C4)C3)cc1Cl.c1cc(-c2ccncc2)ccn1. The van der Waals surface area contributed by atoms with Crippen molar-refractivity contribution in [3.8, 4) is 22.6 Å². The van der Waals surface area contributed by atoms with Crippen LogP contribution in [-0.4, -0.2) is 20.2 Å². The van der Waals surface area contributed by atoms with Crippen LogP contribution in [0.3, 0.4) is 0 Å². The van der Waals surface area contributed by atoms with Gasteiger partial charge in [0.05, 0.1) is 10.0 Å². The molecule has 0 atom stereocenters. The summed E-state index contributed by atoms with van der Waals surface area (Å²) in [5.41, 5.74) is 5.14. The van der Waals surface area contributed by atoms with Crippen molar-refractivity contribution in [3.05, 3.63) is 107 Å². The molecule has 2 heterocycles. The van der Waals surface area contributed by atoms with Crippen LogP contribution in [0, 0.1) is 11.8 Å². The number of aromatic nitrogens is 2. The van der Waals surface area contributed by atoms with Crippen LogP contribution >= 0.6 is 23.2 Å². The van der Waals surface area contributed by atoms with Crippen LogP contribution in [0.25, 0.3) is 11.1 Å². The summed E-state index contributed by atoms with van der Waals surface area (Å²) in [6, 6.07) is 19.5. The quantitative estimate of drug-likeness (QED) is 0.272. The van der Waals surface area contributed by atoms with Crippen LogP contribution in [0.2, 0.25) is 10.0 Å². The number of phenolic OH excluding ortho intramolecular Hbond substituents is 2. The van der Waals surface area contributed by atoms with Gasteiger partial charge in [-0.1, -0.05) is 35.3 Å². The van der Waals surface area contributed by atoms with Crippen LogP contribution in [0.5, 0.6) is 11.5 Å². The third kappa shape index (κ3) is 4.65. The molecule has 4 bridgehead atoms. The summed E-state index contributed by atoms with van der Waals surface area (Å²) >= 11 is 12.5. The molecule has 8 rings (SSSR count). The number of aromatic hydroxyl groups is 2. The molecule has 0 saturated heterocycles. The first-order chi connectivity index (χ1) is 18.4. The molecule has 4 aromatic rings. The smallest absolute Gasteiger partial charge is 0.134 e. The van der Waals surface area contributed by atoms with Crippen molar-refractivity contribution in [2.75, 3.05) is 0 Å². The zero-order valence-corrected chi connectivity index (χ0v) is 22.5. The van der Waals surface area contributed by atoms with Gasteiger partial charge in [0, 0.05) is 24.8 Å². The highest BCUT2D eigenvalue weighted by molar-refractivity contribution is 6.32. The van der Waals surface area contributed by atoms with Crippen LogP contribution in [0.1, 0.15) is 49.7 Å². The lowest BCUT2D eigenvalue weighted by atomic mass is 9.42. The van der Waals surface area contributed by atoms with E-state index in [0.29, 0.717) is 10.0 Å². The van der Waals surface area contributed by atoms with Crippen LogP contribution in [0.4, 0.5) is 0 Å². The Labute approximate surface area is 233 Å². The fourth-order valence-electron chi connectivity index (χ4n) is 7.70. The van der Waals surface area contributed by atoms with E-state index < -0.39 is 0 Å². The van der Waals surface area contributed by atoms with E-state index >= 15 is 0 Å². The van der Waals surface area contributed by atoms with E-state index in [0.717, 1.165) is 18.3 Å². The second-order valence-electron chi connectivity index (χ2n) is 11.3. The van der Waals surface area contributed by atoms with Gasteiger partial charge >= 0.3 is 0 Å². The lowest BCUT2D eigenvalue weighted by Crippen LogP contribution is -2.55. The molecule has 4 aliphatic carbocycles. The van der Waals surface area contributed by atoms with Gasteiger partial charge in [0.25, 0.3) is 0 Å². The molecular weight excluding hydrogens is 515 g/mol. The predicted molar refractivity (Wildman–Crippen MR) is 152 cm³/mol. The lowest BCUT2D eigenvalue weighted by Gasteiger charge is -2.63. The number of nitrogens with zero attached hydrogens (tertiary/aromatic N) is 2. The molecule has 4 nitrogen and oxygen atoms in total. The zero-order valence-electron chi connectivity index (χ0n) is 21.0. The second-order valence-corrected chi connectivity index (χ2v) is 12.1. The molecule has 2 N–H and O–H groups in total. The van der Waals surface area contributed by atoms with E-state index in [9.17, 15) is 10.2 Å². The Morgan fingerprint density at radius 3 is 1.37 bits per heavy atom. The minimum atomic E-state index is 0.131. The Bertz CT molecular complexity index is 1320. The summed E-state index contributed by atoms with van der Waals surface area (Å²) in [5, 5.41) is 20.6. The molecule has 0 spiro atoms. The summed E-state index contributed by atoms with van der Waals surface area (Å²) < 4.78 is 0. The van der Waals surface area contributed by atoms with Gasteiger partial charge in [0.15, 0.2) is 0 Å². The molecule has 38 heavy (non-hydrogen) atoms. The number of hydrogen-bond donors (Lipinski definition) is 2. The monoisotopic (exact) mass is 544 g/mol. The Hall–Kier alpha value is -3.08. The van der Waals surface area contributed by atoms with Gasteiger partial charge in [-0.3, -0.25) is 9.97 Å². The standard InChI is InChI=1S/C22H22Cl2O2.C10H8N2/c23-17-6-15(1-3-19(17)25)21-8-13-5-14(9-21)11-22(10-13,12-21)16-2-4-20(26)18(24)7-16;1-5-11-6-2-9(1)10-3-7-12-8-4-10/h1-4,6-7,13-14,25-26H,5,8-12H2;1-8H. The molecular formula is C32H30Cl2N2O2. The van der Waals surface area contributed by atoms with E-state index in [2.05, 4.69) is 22.1 Å². The van der Waals surface area contributed by atoms with Crippen molar-refractivity contribution >= 4 is 23.2 Å². The normalized spacial score (nSPS) is 27.0. The molecule has 6 heteroatoms. The maximum atomic E-state index is 9.84. The lowest BCUT2D eigenvalue weighted by molar-refractivity contribution is -0.0281. The fourth-order valence-corrected chi connectivity index (χ4v) is 8.06. The topological polar surface area (TPSA) is 66.2 Å². The first-order valence-corrected chi connectivity index (χ1v) is 13.9. The van der Waals surface area contributed by atoms with Gasteiger partial charge in [-0.25, -0.2) is 0 Å². The molecule has 0 unspecified atom stereocenters. The molecule has 0 aliphatic heterocycles. The number of halogens is 2. The number of pyridine rings is 2. The minimum absolute atomic E-state index is 0.131. The molecule has 2 aromatic carbocycles. The minimum Gasteiger partial charge on any atom is -0.506 e. The Kier molecular flexibility index (Phi) is 6.57. The molecule has 4 saturated carbocycles. The molecule has 0 amide bonds. The van der Waals surface area contributed by atoms with Crippen molar-refractivity contribution in [1.82, 2.24) is 9.97 Å². The largest absolute Gasteiger partial charge is 0.506 e. The summed E-state index contributed by atoms with van der Waals surface area (Å²) in [4.78, 5) is 7.91. The van der Waals surface area contributed by atoms with Gasteiger partial charge in [-0.05, 0) is 132 Å². The summed E-state index contributed by atoms with van der Waals surface area (Å²) in [6.07, 6.45) is 14.4. The average molecular weight is 546 g/mol. The van der Waals surface area contributed by atoms with Gasteiger partial charge in [-0.2, -0.15) is 0 Å². The number of hydrogen-bond acceptors (Lipinski definition) is 4. The Morgan fingerprint density at radius 1 is 0.605 bits per heavy atom. The summed E-state index contributed by atoms with van der Waals surface area (Å²) in [6.45, 7) is 0. The number of rotatable bonds is 3. The number of phenols is 2. The Balaban J connectivity index is 0.000000184. The van der Waals surface area contributed by atoms with Crippen molar-refractivity contribution in [2.45, 2.75) is 49.4 Å². The van der Waals surface area contributed by atoms with Crippen LogP contribution in [0.15, 0.2) is 85.5 Å². The van der Waals surface area contributed by atoms with E-state index in [-0.39, 0.29) is 22.3 Å². The summed E-state index contributed by atoms with van der Waals surface area (Å²) in [5.74, 6) is 1.74. The van der Waals surface area contributed by atoms with Crippen LogP contribution in [-0.2, 0) is 10.8 Å². The molecule has 194 valence electrons. The van der Waals surface area contributed by atoms with Crippen molar-refractivity contribution in [1.29, 1.82) is 0 Å². The molecule has 0 radical (unpaired) electrons. The highest BCUT2D eigenvalue weighted by atomic mass is 35.5. The van der Waals surface area contributed by atoms with Gasteiger partial charge in [0.1, 0.15) is 11.5 Å². The maximum absolute atomic E-state index is 9.84. The third-order valence-corrected chi connectivity index (χ3v) is 9.48. The maximum Gasteiger partial charge on any atom is 0.134 e. The van der Waals surface area contributed by atoms with Gasteiger partial charge in [0.2, 0.25) is 0 Å². The zero-order chi connectivity index (χ0) is 26.3. The van der Waals surface area contributed by atoms with E-state index in [1.54, 1.807) is 36.9 Å². The van der Waals surface area contributed by atoms with Crippen LogP contribution < -0.4 is 0 Å². The predicted octanol–water partition coefficient (Wildman–Crippen LogP) is 8.34. The first kappa shape index (κ1) is 25.2. The van der Waals surface area contributed by atoms with E-state index in [1.165, 1.54) is 54.4 Å². The highest BCUT2D eigenvalue weighted by Crippen LogP contribution is 2.66. The fraction of sp³-hybridized carbons (Fsp3) is 0.312. The average Bonchev–Trinajstić information content (AvgIpc) is 2.92. The summed E-state index contributed by atoms with van der Waals surface area (Å²) in [7, 11) is 0. The molecule has 4 fully saturated rings. The van der Waals surface area contributed by atoms with Crippen molar-refractivity contribution in [3.63, 3.8) is 0 Å². The van der Waals surface area contributed by atoms with Gasteiger partial charge in [-0.15, -0.1) is 0 Å². The molecule has 2 aromatic heterocycles. The van der Waals surface area contributed by atoms with Crippen molar-refractivity contribution in [2.24, 2.45) is 11.8 Å². The van der Waals surface area contributed by atoms with E-state index in [1.807, 2.05) is 36.4 Å². The van der Waals surface area contributed by atoms with Gasteiger partial charge < -0.3 is 10.2 Å². The van der Waals surface area contributed by atoms with E-state index in [4.69, 9.17) is 23.2 Å². The Morgan fingerprint density at radius 2 is 1.00 bits per heavy atom. The third-order valence-electron chi connectivity index (χ3n) is 8.88.